The van der Waals surface area contributed by atoms with Gasteiger partial charge in [0.2, 0.25) is 5.71 Å². The Hall–Kier alpha value is -3.92. The maximum absolute atomic E-state index is 13.2. The summed E-state index contributed by atoms with van der Waals surface area (Å²) in [6, 6.07) is 28.4. The highest BCUT2D eigenvalue weighted by Gasteiger charge is 2.25. The molecule has 0 aliphatic carbocycles. The van der Waals surface area contributed by atoms with Crippen molar-refractivity contribution in [2.75, 3.05) is 0 Å². The first-order valence-corrected chi connectivity index (χ1v) is 11.2. The maximum atomic E-state index is 13.2. The van der Waals surface area contributed by atoms with Crippen molar-refractivity contribution >= 4 is 27.8 Å². The number of nitrogens with one attached hydrogen (secondary N) is 1. The lowest BCUT2D eigenvalue weighted by atomic mass is 9.96. The van der Waals surface area contributed by atoms with Crippen molar-refractivity contribution < 1.29 is 9.21 Å². The van der Waals surface area contributed by atoms with Crippen LogP contribution < -0.4 is 5.32 Å². The average Bonchev–Trinajstić information content (AvgIpc) is 3.16. The van der Waals surface area contributed by atoms with Gasteiger partial charge in [-0.25, -0.2) is 4.98 Å². The molecule has 0 spiro atoms. The van der Waals surface area contributed by atoms with Gasteiger partial charge in [0.1, 0.15) is 11.5 Å². The molecule has 0 aliphatic rings. The van der Waals surface area contributed by atoms with Crippen molar-refractivity contribution in [1.82, 2.24) is 10.3 Å². The highest BCUT2D eigenvalue weighted by atomic mass is 16.3. The van der Waals surface area contributed by atoms with E-state index in [9.17, 15) is 4.79 Å². The third-order valence-corrected chi connectivity index (χ3v) is 5.60. The molecule has 1 amide bonds. The summed E-state index contributed by atoms with van der Waals surface area (Å²) in [5.41, 5.74) is 3.75. The van der Waals surface area contributed by atoms with Crippen molar-refractivity contribution in [3.05, 3.63) is 102 Å². The van der Waals surface area contributed by atoms with Crippen LogP contribution in [0.25, 0.3) is 33.0 Å². The van der Waals surface area contributed by atoms with Gasteiger partial charge in [0.05, 0.1) is 5.39 Å². The first-order valence-electron chi connectivity index (χ1n) is 11.2. The van der Waals surface area contributed by atoms with E-state index in [1.54, 1.807) is 0 Å². The summed E-state index contributed by atoms with van der Waals surface area (Å²) in [5, 5.41) is 5.76. The molecular weight excluding hydrogens is 408 g/mol. The molecule has 0 fully saturated rings. The predicted octanol–water partition coefficient (Wildman–Crippen LogP) is 6.77. The van der Waals surface area contributed by atoms with E-state index in [1.807, 2.05) is 81.4 Å². The molecule has 4 nitrogen and oxygen atoms in total. The quantitative estimate of drug-likeness (QED) is 0.340. The molecule has 1 N–H and O–H groups in total. The predicted molar refractivity (Wildman–Crippen MR) is 133 cm³/mol. The zero-order valence-corrected chi connectivity index (χ0v) is 19.1. The molecule has 0 saturated carbocycles. The topological polar surface area (TPSA) is 55.1 Å². The van der Waals surface area contributed by atoms with E-state index in [0.717, 1.165) is 38.6 Å². The van der Waals surface area contributed by atoms with Crippen LogP contribution in [0.2, 0.25) is 0 Å². The second-order valence-electron chi connectivity index (χ2n) is 9.32. The van der Waals surface area contributed by atoms with Crippen LogP contribution in [0.3, 0.4) is 0 Å². The minimum atomic E-state index is -0.369. The fourth-order valence-electron chi connectivity index (χ4n) is 4.25. The molecule has 0 aliphatic heterocycles. The molecule has 2 aromatic heterocycles. The molecule has 0 unspecified atom stereocenters. The molecule has 0 radical (unpaired) electrons. The SMILES string of the molecule is CC(C)(C)NC(=O)c1nc2oc(Cc3ccccc3)c(-c3ccccc3)c2c2ccccc12. The number of amides is 1. The summed E-state index contributed by atoms with van der Waals surface area (Å²) in [5.74, 6) is 0.635. The summed E-state index contributed by atoms with van der Waals surface area (Å²) in [7, 11) is 0. The second-order valence-corrected chi connectivity index (χ2v) is 9.32. The Morgan fingerprint density at radius 3 is 2.12 bits per heavy atom. The fourth-order valence-corrected chi connectivity index (χ4v) is 4.25. The van der Waals surface area contributed by atoms with Crippen molar-refractivity contribution in [3.8, 4) is 11.1 Å². The van der Waals surface area contributed by atoms with Crippen LogP contribution in [0.5, 0.6) is 0 Å². The average molecular weight is 435 g/mol. The van der Waals surface area contributed by atoms with Crippen LogP contribution in [0.1, 0.15) is 42.6 Å². The lowest BCUT2D eigenvalue weighted by molar-refractivity contribution is 0.0916. The molecule has 0 atom stereocenters. The summed E-state index contributed by atoms with van der Waals surface area (Å²) in [4.78, 5) is 17.9. The number of nitrogens with zero attached hydrogens (tertiary/aromatic N) is 1. The van der Waals surface area contributed by atoms with E-state index in [1.165, 1.54) is 0 Å². The number of fused-ring (bicyclic) bond motifs is 3. The van der Waals surface area contributed by atoms with Gasteiger partial charge in [-0.1, -0.05) is 84.9 Å². The first kappa shape index (κ1) is 21.0. The zero-order valence-electron chi connectivity index (χ0n) is 19.1. The maximum Gasteiger partial charge on any atom is 0.271 e. The summed E-state index contributed by atoms with van der Waals surface area (Å²) in [6.07, 6.45) is 0.638. The second kappa shape index (κ2) is 8.21. The Balaban J connectivity index is 1.80. The lowest BCUT2D eigenvalue weighted by Gasteiger charge is -2.20. The normalized spacial score (nSPS) is 11.7. The van der Waals surface area contributed by atoms with Gasteiger partial charge in [-0.05, 0) is 37.3 Å². The van der Waals surface area contributed by atoms with Crippen LogP contribution in [-0.4, -0.2) is 16.4 Å². The molecular formula is C29H26N2O2. The number of benzene rings is 3. The highest BCUT2D eigenvalue weighted by Crippen LogP contribution is 2.40. The summed E-state index contributed by atoms with van der Waals surface area (Å²) >= 11 is 0. The molecule has 4 heteroatoms. The van der Waals surface area contributed by atoms with Crippen LogP contribution >= 0.6 is 0 Å². The molecule has 33 heavy (non-hydrogen) atoms. The van der Waals surface area contributed by atoms with Gasteiger partial charge >= 0.3 is 0 Å². The lowest BCUT2D eigenvalue weighted by Crippen LogP contribution is -2.41. The number of carbonyl (C=O) groups is 1. The number of carbonyl (C=O) groups excluding carboxylic acids is 1. The molecule has 3 aromatic carbocycles. The van der Waals surface area contributed by atoms with Gasteiger partial charge in [-0.3, -0.25) is 4.79 Å². The third kappa shape index (κ3) is 4.12. The number of hydrogen-bond acceptors (Lipinski definition) is 3. The van der Waals surface area contributed by atoms with Crippen LogP contribution in [0.15, 0.2) is 89.3 Å². The van der Waals surface area contributed by atoms with Gasteiger partial charge in [-0.2, -0.15) is 0 Å². The third-order valence-electron chi connectivity index (χ3n) is 5.60. The van der Waals surface area contributed by atoms with Gasteiger partial charge in [0.25, 0.3) is 5.91 Å². The van der Waals surface area contributed by atoms with E-state index in [2.05, 4.69) is 29.6 Å². The molecule has 2 heterocycles. The van der Waals surface area contributed by atoms with E-state index in [4.69, 9.17) is 9.40 Å². The Bertz CT molecular complexity index is 1450. The van der Waals surface area contributed by atoms with E-state index < -0.39 is 0 Å². The van der Waals surface area contributed by atoms with Gasteiger partial charge in [0.15, 0.2) is 0 Å². The minimum Gasteiger partial charge on any atom is -0.442 e. The Morgan fingerprint density at radius 2 is 1.45 bits per heavy atom. The van der Waals surface area contributed by atoms with Crippen LogP contribution in [-0.2, 0) is 6.42 Å². The van der Waals surface area contributed by atoms with E-state index >= 15 is 0 Å². The largest absolute Gasteiger partial charge is 0.442 e. The smallest absolute Gasteiger partial charge is 0.271 e. The Kier molecular flexibility index (Phi) is 5.21. The van der Waals surface area contributed by atoms with E-state index in [-0.39, 0.29) is 11.4 Å². The van der Waals surface area contributed by atoms with Crippen LogP contribution in [0, 0.1) is 0 Å². The molecule has 5 aromatic rings. The standard InChI is InChI=1S/C29H26N2O2/c1-29(2,3)31-27(32)26-22-17-11-10-16-21(22)25-24(20-14-8-5-9-15-20)23(33-28(25)30-26)18-19-12-6-4-7-13-19/h4-17H,18H2,1-3H3,(H,31,32). The number of hydrogen-bond donors (Lipinski definition) is 1. The van der Waals surface area contributed by atoms with Crippen molar-refractivity contribution in [2.45, 2.75) is 32.7 Å². The van der Waals surface area contributed by atoms with Crippen LogP contribution in [0.4, 0.5) is 0 Å². The monoisotopic (exact) mass is 434 g/mol. The fraction of sp³-hybridized carbons (Fsp3) is 0.172. The number of rotatable bonds is 4. The number of pyridine rings is 1. The van der Waals surface area contributed by atoms with Gasteiger partial charge < -0.3 is 9.73 Å². The Morgan fingerprint density at radius 1 is 0.848 bits per heavy atom. The van der Waals surface area contributed by atoms with Crippen molar-refractivity contribution in [3.63, 3.8) is 0 Å². The minimum absolute atomic E-state index is 0.206. The molecule has 5 rings (SSSR count). The Labute approximate surface area is 193 Å². The highest BCUT2D eigenvalue weighted by molar-refractivity contribution is 6.18. The van der Waals surface area contributed by atoms with Gasteiger partial charge in [-0.15, -0.1) is 0 Å². The van der Waals surface area contributed by atoms with E-state index in [0.29, 0.717) is 17.8 Å². The van der Waals surface area contributed by atoms with Crippen molar-refractivity contribution in [1.29, 1.82) is 0 Å². The van der Waals surface area contributed by atoms with Gasteiger partial charge in [0, 0.05) is 22.9 Å². The number of furan rings is 1. The van der Waals surface area contributed by atoms with Crippen molar-refractivity contribution in [2.24, 2.45) is 0 Å². The molecule has 0 bridgehead atoms. The summed E-state index contributed by atoms with van der Waals surface area (Å²) < 4.78 is 6.40. The first-order chi connectivity index (χ1) is 15.9. The summed E-state index contributed by atoms with van der Waals surface area (Å²) in [6.45, 7) is 5.89. The molecule has 0 saturated heterocycles. The molecule has 164 valence electrons. The number of aromatic nitrogens is 1. The zero-order chi connectivity index (χ0) is 23.0.